The number of nitrogens with zero attached hydrogens (tertiary/aromatic N) is 1. The third kappa shape index (κ3) is 5.72. The molecule has 100 valence electrons. The molecule has 0 atom stereocenters. The highest BCUT2D eigenvalue weighted by molar-refractivity contribution is 5.93. The Labute approximate surface area is 107 Å². The lowest BCUT2D eigenvalue weighted by atomic mass is 10.2. The summed E-state index contributed by atoms with van der Waals surface area (Å²) in [5.41, 5.74) is 0.370. The van der Waals surface area contributed by atoms with Crippen LogP contribution in [0.25, 0.3) is 0 Å². The molecule has 0 fully saturated rings. The van der Waals surface area contributed by atoms with Gasteiger partial charge in [0.25, 0.3) is 5.91 Å². The van der Waals surface area contributed by atoms with E-state index in [9.17, 15) is 9.18 Å². The van der Waals surface area contributed by atoms with E-state index in [1.165, 1.54) is 18.3 Å². The quantitative estimate of drug-likeness (QED) is 0.599. The second-order valence-corrected chi connectivity index (χ2v) is 4.25. The van der Waals surface area contributed by atoms with Gasteiger partial charge in [0.05, 0.1) is 11.7 Å². The molecule has 0 aliphatic carbocycles. The van der Waals surface area contributed by atoms with E-state index in [4.69, 9.17) is 4.74 Å². The topological polar surface area (TPSA) is 51.2 Å². The molecule has 5 heteroatoms. The molecule has 0 aliphatic heterocycles. The fourth-order valence-electron chi connectivity index (χ4n) is 1.36. The minimum atomic E-state index is -0.586. The van der Waals surface area contributed by atoms with E-state index in [2.05, 4.69) is 10.3 Å². The van der Waals surface area contributed by atoms with E-state index >= 15 is 0 Å². The first kappa shape index (κ1) is 14.6. The molecule has 0 aliphatic rings. The summed E-state index contributed by atoms with van der Waals surface area (Å²) in [6.45, 7) is 5.26. The van der Waals surface area contributed by atoms with Gasteiger partial charge in [-0.25, -0.2) is 4.98 Å². The number of nitrogens with one attached hydrogen (secondary N) is 1. The Morgan fingerprint density at radius 3 is 2.83 bits per heavy atom. The van der Waals surface area contributed by atoms with Gasteiger partial charge in [0.1, 0.15) is 0 Å². The van der Waals surface area contributed by atoms with Crippen LogP contribution in [0.15, 0.2) is 18.3 Å². The summed E-state index contributed by atoms with van der Waals surface area (Å²) < 4.78 is 17.9. The number of unbranched alkanes of at least 4 members (excludes halogenated alkanes) is 1. The predicted octanol–water partition coefficient (Wildman–Crippen LogP) is 2.16. The monoisotopic (exact) mass is 254 g/mol. The maximum Gasteiger partial charge on any atom is 0.252 e. The van der Waals surface area contributed by atoms with Crippen LogP contribution < -0.4 is 5.32 Å². The van der Waals surface area contributed by atoms with Gasteiger partial charge in [0, 0.05) is 19.3 Å². The Kier molecular flexibility index (Phi) is 6.28. The van der Waals surface area contributed by atoms with Crippen molar-refractivity contribution < 1.29 is 13.9 Å². The molecule has 0 bridgehead atoms. The molecule has 1 N–H and O–H groups in total. The number of carbonyl (C=O) groups excluding carboxylic acids is 1. The SMILES string of the molecule is CC(C)OCCCCNC(=O)c1ccc(F)nc1. The number of amides is 1. The van der Waals surface area contributed by atoms with E-state index in [1.807, 2.05) is 13.8 Å². The molecule has 1 heterocycles. The number of hydrogen-bond donors (Lipinski definition) is 1. The Morgan fingerprint density at radius 2 is 2.22 bits per heavy atom. The molecule has 0 radical (unpaired) electrons. The Hall–Kier alpha value is -1.49. The summed E-state index contributed by atoms with van der Waals surface area (Å²) in [6.07, 6.45) is 3.23. The number of hydrogen-bond acceptors (Lipinski definition) is 3. The van der Waals surface area contributed by atoms with E-state index in [-0.39, 0.29) is 12.0 Å². The Bertz CT molecular complexity index is 366. The number of rotatable bonds is 7. The minimum Gasteiger partial charge on any atom is -0.379 e. The van der Waals surface area contributed by atoms with E-state index < -0.39 is 5.95 Å². The third-order valence-electron chi connectivity index (χ3n) is 2.30. The maximum absolute atomic E-state index is 12.5. The molecular weight excluding hydrogens is 235 g/mol. The van der Waals surface area contributed by atoms with Crippen LogP contribution in [0.5, 0.6) is 0 Å². The van der Waals surface area contributed by atoms with Gasteiger partial charge in [0.2, 0.25) is 5.95 Å². The number of halogens is 1. The fraction of sp³-hybridized carbons (Fsp3) is 0.538. The van der Waals surface area contributed by atoms with Crippen molar-refractivity contribution >= 4 is 5.91 Å². The van der Waals surface area contributed by atoms with Crippen LogP contribution in [-0.4, -0.2) is 30.1 Å². The zero-order chi connectivity index (χ0) is 13.4. The third-order valence-corrected chi connectivity index (χ3v) is 2.30. The Balaban J connectivity index is 2.16. The lowest BCUT2D eigenvalue weighted by Crippen LogP contribution is -2.24. The van der Waals surface area contributed by atoms with Crippen LogP contribution in [0.4, 0.5) is 4.39 Å². The second kappa shape index (κ2) is 7.76. The second-order valence-electron chi connectivity index (χ2n) is 4.25. The first-order valence-electron chi connectivity index (χ1n) is 6.11. The molecule has 0 aromatic carbocycles. The molecule has 4 nitrogen and oxygen atoms in total. The summed E-state index contributed by atoms with van der Waals surface area (Å²) in [6, 6.07) is 2.59. The van der Waals surface area contributed by atoms with Crippen LogP contribution in [0, 0.1) is 5.95 Å². The van der Waals surface area contributed by atoms with Crippen LogP contribution in [-0.2, 0) is 4.74 Å². The van der Waals surface area contributed by atoms with Gasteiger partial charge in [0.15, 0.2) is 0 Å². The zero-order valence-electron chi connectivity index (χ0n) is 10.8. The molecule has 1 rings (SSSR count). The van der Waals surface area contributed by atoms with Gasteiger partial charge in [-0.3, -0.25) is 4.79 Å². The highest BCUT2D eigenvalue weighted by Gasteiger charge is 2.05. The van der Waals surface area contributed by atoms with Crippen molar-refractivity contribution in [2.45, 2.75) is 32.8 Å². The standard InChI is InChI=1S/C13H19FN2O2/c1-10(2)18-8-4-3-7-15-13(17)11-5-6-12(14)16-9-11/h5-6,9-10H,3-4,7-8H2,1-2H3,(H,15,17). The molecule has 0 saturated carbocycles. The van der Waals surface area contributed by atoms with E-state index in [0.717, 1.165) is 12.8 Å². The summed E-state index contributed by atoms with van der Waals surface area (Å²) in [5.74, 6) is -0.815. The van der Waals surface area contributed by atoms with Crippen molar-refractivity contribution in [2.75, 3.05) is 13.2 Å². The highest BCUT2D eigenvalue weighted by atomic mass is 19.1. The van der Waals surface area contributed by atoms with Gasteiger partial charge >= 0.3 is 0 Å². The summed E-state index contributed by atoms with van der Waals surface area (Å²) in [4.78, 5) is 15.0. The first-order valence-corrected chi connectivity index (χ1v) is 6.11. The van der Waals surface area contributed by atoms with Gasteiger partial charge in [-0.15, -0.1) is 0 Å². The van der Waals surface area contributed by atoms with Crippen molar-refractivity contribution in [1.29, 1.82) is 0 Å². The molecule has 18 heavy (non-hydrogen) atoms. The molecule has 1 amide bonds. The molecule has 0 spiro atoms. The lowest BCUT2D eigenvalue weighted by Gasteiger charge is -2.07. The number of aromatic nitrogens is 1. The molecule has 1 aromatic rings. The number of carbonyl (C=O) groups is 1. The van der Waals surface area contributed by atoms with Crippen molar-refractivity contribution in [3.8, 4) is 0 Å². The van der Waals surface area contributed by atoms with Gasteiger partial charge in [-0.1, -0.05) is 0 Å². The first-order chi connectivity index (χ1) is 8.59. The summed E-state index contributed by atoms with van der Waals surface area (Å²) in [7, 11) is 0. The van der Waals surface area contributed by atoms with Crippen molar-refractivity contribution in [3.05, 3.63) is 29.8 Å². The van der Waals surface area contributed by atoms with Gasteiger partial charge in [-0.05, 0) is 38.8 Å². The fourth-order valence-corrected chi connectivity index (χ4v) is 1.36. The van der Waals surface area contributed by atoms with Gasteiger partial charge < -0.3 is 10.1 Å². The van der Waals surface area contributed by atoms with Crippen molar-refractivity contribution in [3.63, 3.8) is 0 Å². The normalized spacial score (nSPS) is 10.7. The smallest absolute Gasteiger partial charge is 0.252 e. The van der Waals surface area contributed by atoms with Crippen molar-refractivity contribution in [1.82, 2.24) is 10.3 Å². The van der Waals surface area contributed by atoms with Crippen LogP contribution >= 0.6 is 0 Å². The molecule has 0 saturated heterocycles. The number of ether oxygens (including phenoxy) is 1. The highest BCUT2D eigenvalue weighted by Crippen LogP contribution is 1.99. The number of pyridine rings is 1. The average Bonchev–Trinajstić information content (AvgIpc) is 2.34. The minimum absolute atomic E-state index is 0.229. The van der Waals surface area contributed by atoms with Gasteiger partial charge in [-0.2, -0.15) is 4.39 Å². The van der Waals surface area contributed by atoms with E-state index in [1.54, 1.807) is 0 Å². The zero-order valence-corrected chi connectivity index (χ0v) is 10.8. The lowest BCUT2D eigenvalue weighted by molar-refractivity contribution is 0.0754. The predicted molar refractivity (Wildman–Crippen MR) is 66.9 cm³/mol. The molecule has 0 unspecified atom stereocenters. The van der Waals surface area contributed by atoms with E-state index in [0.29, 0.717) is 18.7 Å². The molecule has 1 aromatic heterocycles. The molecular formula is C13H19FN2O2. The van der Waals surface area contributed by atoms with Crippen LogP contribution in [0.2, 0.25) is 0 Å². The largest absolute Gasteiger partial charge is 0.379 e. The van der Waals surface area contributed by atoms with Crippen LogP contribution in [0.1, 0.15) is 37.0 Å². The summed E-state index contributed by atoms with van der Waals surface area (Å²) >= 11 is 0. The Morgan fingerprint density at radius 1 is 1.44 bits per heavy atom. The average molecular weight is 254 g/mol. The van der Waals surface area contributed by atoms with Crippen LogP contribution in [0.3, 0.4) is 0 Å². The maximum atomic E-state index is 12.5. The van der Waals surface area contributed by atoms with Crippen molar-refractivity contribution in [2.24, 2.45) is 0 Å². The summed E-state index contributed by atoms with van der Waals surface area (Å²) in [5, 5.41) is 2.75.